The molecule has 2 fully saturated rings. The minimum absolute atomic E-state index is 0.0236. The smallest absolute Gasteiger partial charge is 0.309 e. The molecule has 30 heavy (non-hydrogen) atoms. The van der Waals surface area contributed by atoms with E-state index >= 15 is 0 Å². The first-order valence-electron chi connectivity index (χ1n) is 10.6. The van der Waals surface area contributed by atoms with Crippen LogP contribution in [0.2, 0.25) is 0 Å². The van der Waals surface area contributed by atoms with Gasteiger partial charge in [0.1, 0.15) is 0 Å². The number of hydrogen-bond donors (Lipinski definition) is 2. The van der Waals surface area contributed by atoms with Crippen molar-refractivity contribution in [2.24, 2.45) is 0 Å². The number of benzene rings is 1. The number of ether oxygens (including phenoxy) is 1. The molecule has 0 bridgehead atoms. The van der Waals surface area contributed by atoms with Gasteiger partial charge in [-0.25, -0.2) is 8.42 Å². The molecule has 0 aromatic heterocycles. The lowest BCUT2D eigenvalue weighted by molar-refractivity contribution is -0.139. The number of nitrogens with one attached hydrogen (secondary N) is 2. The van der Waals surface area contributed by atoms with Crippen molar-refractivity contribution in [2.45, 2.75) is 62.5 Å². The number of nitrogens with zero attached hydrogens (tertiary/aromatic N) is 1. The topological polar surface area (TPSA) is 105 Å². The first-order valence-corrected chi connectivity index (χ1v) is 12.1. The van der Waals surface area contributed by atoms with Crippen LogP contribution in [-0.4, -0.2) is 62.9 Å². The minimum atomic E-state index is -3.59. The van der Waals surface area contributed by atoms with Crippen molar-refractivity contribution in [1.82, 2.24) is 14.9 Å². The first-order chi connectivity index (χ1) is 14.4. The average Bonchev–Trinajstić information content (AvgIpc) is 3.26. The van der Waals surface area contributed by atoms with E-state index in [9.17, 15) is 18.0 Å². The summed E-state index contributed by atoms with van der Waals surface area (Å²) in [5, 5.41) is 5.20. The number of rotatable bonds is 7. The van der Waals surface area contributed by atoms with Crippen LogP contribution in [0.1, 0.15) is 44.1 Å². The number of piperidine rings is 1. The minimum Gasteiger partial charge on any atom is -0.376 e. The molecule has 2 amide bonds. The molecular formula is C21H31N3O5S. The van der Waals surface area contributed by atoms with Gasteiger partial charge in [0, 0.05) is 32.3 Å². The maximum absolute atomic E-state index is 13.1. The molecule has 9 heteroatoms. The van der Waals surface area contributed by atoms with E-state index in [1.807, 2.05) is 6.92 Å². The highest BCUT2D eigenvalue weighted by molar-refractivity contribution is 7.89. The Hall–Kier alpha value is -1.97. The van der Waals surface area contributed by atoms with Gasteiger partial charge >= 0.3 is 11.8 Å². The fourth-order valence-electron chi connectivity index (χ4n) is 3.95. The average molecular weight is 438 g/mol. The van der Waals surface area contributed by atoms with Gasteiger partial charge < -0.3 is 15.4 Å². The fraction of sp³-hybridized carbons (Fsp3) is 0.619. The van der Waals surface area contributed by atoms with Crippen LogP contribution in [0.5, 0.6) is 0 Å². The van der Waals surface area contributed by atoms with E-state index in [-0.39, 0.29) is 23.6 Å². The van der Waals surface area contributed by atoms with Gasteiger partial charge in [-0.15, -0.1) is 0 Å². The predicted octanol–water partition coefficient (Wildman–Crippen LogP) is 1.34. The summed E-state index contributed by atoms with van der Waals surface area (Å²) in [7, 11) is -3.59. The Bertz CT molecular complexity index is 835. The number of hydrogen-bond acceptors (Lipinski definition) is 5. The summed E-state index contributed by atoms with van der Waals surface area (Å²) in [6.45, 7) is 3.65. The molecule has 3 rings (SSSR count). The van der Waals surface area contributed by atoms with Gasteiger partial charge in [-0.2, -0.15) is 4.31 Å². The third-order valence-electron chi connectivity index (χ3n) is 5.68. The van der Waals surface area contributed by atoms with E-state index in [0.29, 0.717) is 26.1 Å². The molecule has 0 aliphatic carbocycles. The molecule has 0 spiro atoms. The quantitative estimate of drug-likeness (QED) is 0.627. The maximum Gasteiger partial charge on any atom is 0.309 e. The molecule has 2 saturated heterocycles. The summed E-state index contributed by atoms with van der Waals surface area (Å²) in [5.41, 5.74) is 1.00. The van der Waals surface area contributed by atoms with Gasteiger partial charge in [0.05, 0.1) is 11.0 Å². The van der Waals surface area contributed by atoms with Crippen LogP contribution in [0, 0.1) is 6.92 Å². The lowest BCUT2D eigenvalue weighted by Crippen LogP contribution is -2.47. The van der Waals surface area contributed by atoms with Crippen molar-refractivity contribution in [3.8, 4) is 0 Å². The zero-order valence-corrected chi connectivity index (χ0v) is 18.2. The van der Waals surface area contributed by atoms with Crippen molar-refractivity contribution in [3.05, 3.63) is 29.8 Å². The van der Waals surface area contributed by atoms with Crippen molar-refractivity contribution in [3.63, 3.8) is 0 Å². The van der Waals surface area contributed by atoms with Crippen LogP contribution in [0.4, 0.5) is 0 Å². The third kappa shape index (κ3) is 5.80. The molecule has 2 N–H and O–H groups in total. The van der Waals surface area contributed by atoms with Crippen LogP contribution < -0.4 is 10.6 Å². The van der Waals surface area contributed by atoms with E-state index in [4.69, 9.17) is 4.74 Å². The Morgan fingerprint density at radius 3 is 2.50 bits per heavy atom. The Labute approximate surface area is 178 Å². The highest BCUT2D eigenvalue weighted by Crippen LogP contribution is 2.27. The largest absolute Gasteiger partial charge is 0.376 e. The summed E-state index contributed by atoms with van der Waals surface area (Å²) in [6, 6.07) is 6.66. The number of carbonyl (C=O) groups excluding carboxylic acids is 2. The first kappa shape index (κ1) is 22.7. The van der Waals surface area contributed by atoms with Gasteiger partial charge in [0.15, 0.2) is 0 Å². The maximum atomic E-state index is 13.1. The second-order valence-electron chi connectivity index (χ2n) is 7.97. The number of sulfonamides is 1. The number of carbonyl (C=O) groups is 2. The number of amides is 2. The van der Waals surface area contributed by atoms with Crippen LogP contribution >= 0.6 is 0 Å². The molecule has 2 atom stereocenters. The Kier molecular flexibility index (Phi) is 7.85. The zero-order chi connectivity index (χ0) is 21.6. The third-order valence-corrected chi connectivity index (χ3v) is 7.65. The van der Waals surface area contributed by atoms with Crippen molar-refractivity contribution < 1.29 is 22.7 Å². The molecule has 1 aromatic rings. The van der Waals surface area contributed by atoms with E-state index in [1.54, 1.807) is 28.6 Å². The molecule has 2 heterocycles. The van der Waals surface area contributed by atoms with Crippen molar-refractivity contribution >= 4 is 21.8 Å². The molecular weight excluding hydrogens is 406 g/mol. The fourth-order valence-corrected chi connectivity index (χ4v) is 5.67. The van der Waals surface area contributed by atoms with E-state index in [0.717, 1.165) is 37.7 Å². The van der Waals surface area contributed by atoms with Gasteiger partial charge in [-0.3, -0.25) is 9.59 Å². The van der Waals surface area contributed by atoms with Crippen LogP contribution in [0.25, 0.3) is 0 Å². The molecule has 8 nitrogen and oxygen atoms in total. The summed E-state index contributed by atoms with van der Waals surface area (Å²) in [5.74, 6) is -1.38. The predicted molar refractivity (Wildman–Crippen MR) is 112 cm³/mol. The molecule has 2 aliphatic rings. The van der Waals surface area contributed by atoms with Gasteiger partial charge in [0.2, 0.25) is 10.0 Å². The molecule has 166 valence electrons. The summed E-state index contributed by atoms with van der Waals surface area (Å²) < 4.78 is 33.1. The molecule has 2 aliphatic heterocycles. The highest BCUT2D eigenvalue weighted by atomic mass is 32.2. The van der Waals surface area contributed by atoms with E-state index in [1.165, 1.54) is 0 Å². The van der Waals surface area contributed by atoms with Crippen molar-refractivity contribution in [2.75, 3.05) is 26.2 Å². The number of aryl methyl sites for hydroxylation is 1. The lowest BCUT2D eigenvalue weighted by Gasteiger charge is -2.34. The normalized spacial score (nSPS) is 22.6. The van der Waals surface area contributed by atoms with E-state index in [2.05, 4.69) is 10.6 Å². The summed E-state index contributed by atoms with van der Waals surface area (Å²) in [6.07, 6.45) is 4.80. The van der Waals surface area contributed by atoms with Gasteiger partial charge in [0.25, 0.3) is 0 Å². The SMILES string of the molecule is Cc1ccc(S(=O)(=O)N2CCCC[C@@H]2CCNC(=O)C(=O)NC[C@@H]2CCCO2)cc1. The highest BCUT2D eigenvalue weighted by Gasteiger charge is 2.33. The molecule has 0 saturated carbocycles. The van der Waals surface area contributed by atoms with Crippen molar-refractivity contribution in [1.29, 1.82) is 0 Å². The van der Waals surface area contributed by atoms with Crippen LogP contribution in [0.15, 0.2) is 29.2 Å². The Morgan fingerprint density at radius 1 is 1.07 bits per heavy atom. The van der Waals surface area contributed by atoms with Crippen LogP contribution in [0.3, 0.4) is 0 Å². The van der Waals surface area contributed by atoms with Crippen LogP contribution in [-0.2, 0) is 24.3 Å². The summed E-state index contributed by atoms with van der Waals surface area (Å²) in [4.78, 5) is 24.2. The molecule has 0 unspecified atom stereocenters. The second-order valence-corrected chi connectivity index (χ2v) is 9.86. The Morgan fingerprint density at radius 2 is 1.80 bits per heavy atom. The standard InChI is InChI=1S/C21H31N3O5S/c1-16-7-9-19(10-8-16)30(27,28)24-13-3-2-5-17(24)11-12-22-20(25)21(26)23-15-18-6-4-14-29-18/h7-10,17-18H,2-6,11-15H2,1H3,(H,22,25)(H,23,26)/t17-,18+/m1/s1. The zero-order valence-electron chi connectivity index (χ0n) is 17.4. The summed E-state index contributed by atoms with van der Waals surface area (Å²) >= 11 is 0. The van der Waals surface area contributed by atoms with Gasteiger partial charge in [-0.05, 0) is 51.2 Å². The monoisotopic (exact) mass is 437 g/mol. The van der Waals surface area contributed by atoms with Gasteiger partial charge in [-0.1, -0.05) is 24.1 Å². The molecule has 0 radical (unpaired) electrons. The lowest BCUT2D eigenvalue weighted by atomic mass is 10.0. The second kappa shape index (κ2) is 10.4. The molecule has 1 aromatic carbocycles. The Balaban J connectivity index is 1.51. The van der Waals surface area contributed by atoms with E-state index < -0.39 is 21.8 Å².